The summed E-state index contributed by atoms with van der Waals surface area (Å²) in [5.41, 5.74) is 1.76. The van der Waals surface area contributed by atoms with E-state index in [1.807, 2.05) is 24.3 Å². The van der Waals surface area contributed by atoms with E-state index in [0.29, 0.717) is 24.6 Å². The summed E-state index contributed by atoms with van der Waals surface area (Å²) in [5.74, 6) is 2.75. The number of aromatic nitrogens is 3. The summed E-state index contributed by atoms with van der Waals surface area (Å²) in [4.78, 5) is 17.8. The standard InChI is InChI=1S/C20H29N7O/c1-21-20(22-13-15-8-10-16(11-9-15)19(28)26(2)3)23-14-18-25-24-17-7-5-4-6-12-27(17)18/h8-11H,4-7,12-14H2,1-3H3,(H2,21,22,23). The maximum Gasteiger partial charge on any atom is 0.253 e. The predicted molar refractivity (Wildman–Crippen MR) is 109 cm³/mol. The molecule has 2 N–H and O–H groups in total. The van der Waals surface area contributed by atoms with Crippen LogP contribution < -0.4 is 10.6 Å². The molecule has 150 valence electrons. The van der Waals surface area contributed by atoms with E-state index in [0.717, 1.165) is 30.2 Å². The van der Waals surface area contributed by atoms with Gasteiger partial charge in [-0.3, -0.25) is 9.79 Å². The summed E-state index contributed by atoms with van der Waals surface area (Å²) >= 11 is 0. The van der Waals surface area contributed by atoms with Gasteiger partial charge in [-0.1, -0.05) is 18.6 Å². The number of hydrogen-bond acceptors (Lipinski definition) is 4. The number of hydrogen-bond donors (Lipinski definition) is 2. The van der Waals surface area contributed by atoms with E-state index >= 15 is 0 Å². The van der Waals surface area contributed by atoms with Crippen LogP contribution in [0.5, 0.6) is 0 Å². The zero-order chi connectivity index (χ0) is 19.9. The van der Waals surface area contributed by atoms with Gasteiger partial charge in [-0.25, -0.2) is 0 Å². The summed E-state index contributed by atoms with van der Waals surface area (Å²) in [5, 5.41) is 15.3. The fourth-order valence-electron chi connectivity index (χ4n) is 3.27. The lowest BCUT2D eigenvalue weighted by Crippen LogP contribution is -2.37. The molecule has 1 aliphatic rings. The maximum atomic E-state index is 12.0. The van der Waals surface area contributed by atoms with Crippen molar-refractivity contribution in [1.29, 1.82) is 0 Å². The Morgan fingerprint density at radius 1 is 1.11 bits per heavy atom. The van der Waals surface area contributed by atoms with E-state index in [4.69, 9.17) is 0 Å². The number of carbonyl (C=O) groups is 1. The van der Waals surface area contributed by atoms with Crippen LogP contribution in [0.2, 0.25) is 0 Å². The Morgan fingerprint density at radius 2 is 1.86 bits per heavy atom. The van der Waals surface area contributed by atoms with Gasteiger partial charge in [0.15, 0.2) is 11.8 Å². The number of rotatable bonds is 5. The van der Waals surface area contributed by atoms with E-state index in [-0.39, 0.29) is 5.91 Å². The van der Waals surface area contributed by atoms with Gasteiger partial charge in [-0.2, -0.15) is 0 Å². The minimum absolute atomic E-state index is 0.00410. The third kappa shape index (κ3) is 4.88. The molecule has 1 aromatic heterocycles. The minimum atomic E-state index is 0.00410. The van der Waals surface area contributed by atoms with Gasteiger partial charge in [0.25, 0.3) is 5.91 Å². The summed E-state index contributed by atoms with van der Waals surface area (Å²) < 4.78 is 2.23. The van der Waals surface area contributed by atoms with Crippen LogP contribution in [0, 0.1) is 0 Å². The number of nitrogens with zero attached hydrogens (tertiary/aromatic N) is 5. The van der Waals surface area contributed by atoms with Gasteiger partial charge in [-0.05, 0) is 30.5 Å². The Balaban J connectivity index is 1.53. The molecule has 1 amide bonds. The highest BCUT2D eigenvalue weighted by atomic mass is 16.2. The van der Waals surface area contributed by atoms with Gasteiger partial charge in [-0.15, -0.1) is 10.2 Å². The lowest BCUT2D eigenvalue weighted by atomic mass is 10.1. The van der Waals surface area contributed by atoms with Crippen molar-refractivity contribution in [3.8, 4) is 0 Å². The van der Waals surface area contributed by atoms with Crippen LogP contribution in [0.15, 0.2) is 29.3 Å². The first kappa shape index (κ1) is 19.9. The molecule has 0 aliphatic carbocycles. The monoisotopic (exact) mass is 383 g/mol. The van der Waals surface area contributed by atoms with Crippen molar-refractivity contribution in [2.45, 2.75) is 45.3 Å². The van der Waals surface area contributed by atoms with Gasteiger partial charge in [0, 0.05) is 46.2 Å². The molecule has 0 bridgehead atoms. The SMILES string of the molecule is CN=C(NCc1ccc(C(=O)N(C)C)cc1)NCc1nnc2n1CCCCC2. The average Bonchev–Trinajstić information content (AvgIpc) is 2.94. The van der Waals surface area contributed by atoms with Crippen LogP contribution in [0.3, 0.4) is 0 Å². The summed E-state index contributed by atoms with van der Waals surface area (Å²) in [6, 6.07) is 7.60. The summed E-state index contributed by atoms with van der Waals surface area (Å²) in [6.45, 7) is 2.19. The van der Waals surface area contributed by atoms with Gasteiger partial charge < -0.3 is 20.1 Å². The Kier molecular flexibility index (Phi) is 6.62. The van der Waals surface area contributed by atoms with Crippen molar-refractivity contribution >= 4 is 11.9 Å². The highest BCUT2D eigenvalue weighted by Crippen LogP contribution is 2.14. The van der Waals surface area contributed by atoms with Gasteiger partial charge in [0.05, 0.1) is 6.54 Å². The van der Waals surface area contributed by atoms with Crippen LogP contribution in [-0.4, -0.2) is 52.7 Å². The number of fused-ring (bicyclic) bond motifs is 1. The summed E-state index contributed by atoms with van der Waals surface area (Å²) in [7, 11) is 5.25. The van der Waals surface area contributed by atoms with E-state index in [1.165, 1.54) is 19.3 Å². The Hall–Kier alpha value is -2.90. The minimum Gasteiger partial charge on any atom is -0.352 e. The molecule has 3 rings (SSSR count). The molecule has 0 radical (unpaired) electrons. The van der Waals surface area contributed by atoms with Crippen molar-refractivity contribution in [3.05, 3.63) is 47.0 Å². The molecule has 1 aliphatic heterocycles. The Labute approximate surface area is 166 Å². The number of benzene rings is 1. The summed E-state index contributed by atoms with van der Waals surface area (Å²) in [6.07, 6.45) is 4.62. The number of aryl methyl sites for hydroxylation is 1. The first-order valence-corrected chi connectivity index (χ1v) is 9.74. The van der Waals surface area contributed by atoms with Crippen LogP contribution in [-0.2, 0) is 26.1 Å². The first-order chi connectivity index (χ1) is 13.6. The third-order valence-electron chi connectivity index (χ3n) is 4.89. The third-order valence-corrected chi connectivity index (χ3v) is 4.89. The Bertz CT molecular complexity index is 824. The largest absolute Gasteiger partial charge is 0.352 e. The smallest absolute Gasteiger partial charge is 0.253 e. The molecule has 8 nitrogen and oxygen atoms in total. The van der Waals surface area contributed by atoms with Crippen molar-refractivity contribution in [2.75, 3.05) is 21.1 Å². The molecule has 2 aromatic rings. The van der Waals surface area contributed by atoms with Crippen LogP contribution >= 0.6 is 0 Å². The molecule has 0 atom stereocenters. The molecule has 0 saturated carbocycles. The fourth-order valence-corrected chi connectivity index (χ4v) is 3.27. The Morgan fingerprint density at radius 3 is 2.57 bits per heavy atom. The van der Waals surface area contributed by atoms with E-state index in [1.54, 1.807) is 26.0 Å². The molecule has 0 fully saturated rings. The lowest BCUT2D eigenvalue weighted by molar-refractivity contribution is 0.0827. The lowest BCUT2D eigenvalue weighted by Gasteiger charge is -2.13. The molecular weight excluding hydrogens is 354 g/mol. The number of nitrogens with one attached hydrogen (secondary N) is 2. The quantitative estimate of drug-likeness (QED) is 0.605. The van der Waals surface area contributed by atoms with Crippen LogP contribution in [0.1, 0.15) is 46.8 Å². The van der Waals surface area contributed by atoms with Crippen molar-refractivity contribution in [3.63, 3.8) is 0 Å². The maximum absolute atomic E-state index is 12.0. The van der Waals surface area contributed by atoms with Gasteiger partial charge in [0.1, 0.15) is 5.82 Å². The topological polar surface area (TPSA) is 87.4 Å². The molecule has 28 heavy (non-hydrogen) atoms. The second kappa shape index (κ2) is 9.34. The first-order valence-electron chi connectivity index (χ1n) is 9.74. The zero-order valence-electron chi connectivity index (χ0n) is 16.9. The van der Waals surface area contributed by atoms with Crippen LogP contribution in [0.25, 0.3) is 0 Å². The van der Waals surface area contributed by atoms with Gasteiger partial charge in [0.2, 0.25) is 0 Å². The molecule has 0 spiro atoms. The van der Waals surface area contributed by atoms with E-state index < -0.39 is 0 Å². The van der Waals surface area contributed by atoms with Crippen molar-refractivity contribution in [1.82, 2.24) is 30.3 Å². The normalized spacial score (nSPS) is 14.2. The molecular formula is C20H29N7O. The van der Waals surface area contributed by atoms with Crippen molar-refractivity contribution in [2.24, 2.45) is 4.99 Å². The molecule has 8 heteroatoms. The fraction of sp³-hybridized carbons (Fsp3) is 0.500. The van der Waals surface area contributed by atoms with Crippen LogP contribution in [0.4, 0.5) is 0 Å². The molecule has 0 unspecified atom stereocenters. The van der Waals surface area contributed by atoms with Gasteiger partial charge >= 0.3 is 0 Å². The average molecular weight is 384 g/mol. The molecule has 2 heterocycles. The highest BCUT2D eigenvalue weighted by Gasteiger charge is 2.14. The molecule has 0 saturated heterocycles. The number of carbonyl (C=O) groups excluding carboxylic acids is 1. The van der Waals surface area contributed by atoms with E-state index in [9.17, 15) is 4.79 Å². The number of guanidine groups is 1. The predicted octanol–water partition coefficient (Wildman–Crippen LogP) is 1.57. The number of amides is 1. The van der Waals surface area contributed by atoms with E-state index in [2.05, 4.69) is 30.4 Å². The second-order valence-electron chi connectivity index (χ2n) is 7.17. The highest BCUT2D eigenvalue weighted by molar-refractivity contribution is 5.93. The second-order valence-corrected chi connectivity index (χ2v) is 7.17. The number of aliphatic imine (C=N–C) groups is 1. The molecule has 1 aromatic carbocycles. The van der Waals surface area contributed by atoms with Crippen molar-refractivity contribution < 1.29 is 4.79 Å². The zero-order valence-corrected chi connectivity index (χ0v) is 16.9.